The number of aromatic nitrogens is 2. The van der Waals surface area contributed by atoms with Crippen molar-refractivity contribution < 1.29 is 9.21 Å². The molecule has 1 amide bonds. The molecule has 186 valence electrons. The predicted molar refractivity (Wildman–Crippen MR) is 141 cm³/mol. The highest BCUT2D eigenvalue weighted by molar-refractivity contribution is 5.95. The van der Waals surface area contributed by atoms with Crippen LogP contribution >= 0.6 is 0 Å². The predicted octanol–water partition coefficient (Wildman–Crippen LogP) is 5.37. The van der Waals surface area contributed by atoms with Gasteiger partial charge in [0.05, 0.1) is 11.8 Å². The first kappa shape index (κ1) is 24.1. The maximum Gasteiger partial charge on any atom is 0.257 e. The van der Waals surface area contributed by atoms with Gasteiger partial charge in [-0.15, -0.1) is 0 Å². The Bertz CT molecular complexity index is 1260. The van der Waals surface area contributed by atoms with Crippen LogP contribution in [0.1, 0.15) is 40.2 Å². The van der Waals surface area contributed by atoms with E-state index in [1.54, 1.807) is 12.3 Å². The number of furan rings is 1. The molecule has 1 saturated heterocycles. The number of pyridine rings is 1. The lowest BCUT2D eigenvalue weighted by Crippen LogP contribution is -2.47. The lowest BCUT2D eigenvalue weighted by atomic mass is 9.84. The Kier molecular flexibility index (Phi) is 7.33. The van der Waals surface area contributed by atoms with Crippen LogP contribution in [-0.4, -0.2) is 51.4 Å². The summed E-state index contributed by atoms with van der Waals surface area (Å²) in [7, 11) is 1.95. The zero-order valence-electron chi connectivity index (χ0n) is 21.1. The average molecular weight is 483 g/mol. The molecule has 1 fully saturated rings. The van der Waals surface area contributed by atoms with E-state index in [1.165, 1.54) is 11.3 Å². The molecule has 0 bridgehead atoms. The molecule has 4 aromatic rings. The zero-order chi connectivity index (χ0) is 24.9. The Balaban J connectivity index is 1.28. The van der Waals surface area contributed by atoms with E-state index in [0.29, 0.717) is 17.2 Å². The van der Waals surface area contributed by atoms with Gasteiger partial charge < -0.3 is 13.9 Å². The van der Waals surface area contributed by atoms with Crippen molar-refractivity contribution in [2.75, 3.05) is 20.1 Å². The highest BCUT2D eigenvalue weighted by atomic mass is 16.3. The normalized spacial score (nSPS) is 15.6. The highest BCUT2D eigenvalue weighted by Gasteiger charge is 2.33. The molecule has 6 nitrogen and oxygen atoms in total. The minimum Gasteiger partial charge on any atom is -0.469 e. The first-order valence-electron chi connectivity index (χ1n) is 12.8. The molecule has 5 rings (SSSR count). The van der Waals surface area contributed by atoms with E-state index in [2.05, 4.69) is 57.0 Å². The van der Waals surface area contributed by atoms with Gasteiger partial charge in [-0.3, -0.25) is 9.69 Å². The van der Waals surface area contributed by atoms with E-state index in [9.17, 15) is 4.79 Å². The number of nitrogens with zero attached hydrogens (tertiary/aromatic N) is 4. The second-order valence-electron chi connectivity index (χ2n) is 9.73. The molecule has 1 aliphatic rings. The first-order chi connectivity index (χ1) is 17.6. The van der Waals surface area contributed by atoms with Crippen molar-refractivity contribution in [3.05, 3.63) is 108 Å². The third-order valence-electron chi connectivity index (χ3n) is 7.49. The lowest BCUT2D eigenvalue weighted by molar-refractivity contribution is 0.0582. The summed E-state index contributed by atoms with van der Waals surface area (Å²) < 4.78 is 7.59. The smallest absolute Gasteiger partial charge is 0.257 e. The van der Waals surface area contributed by atoms with E-state index in [0.717, 1.165) is 44.7 Å². The van der Waals surface area contributed by atoms with Gasteiger partial charge in [0.25, 0.3) is 5.91 Å². The number of hydrogen-bond acceptors (Lipinski definition) is 4. The number of amides is 1. The number of likely N-dealkylation sites (tertiary alicyclic amines) is 1. The van der Waals surface area contributed by atoms with Crippen molar-refractivity contribution in [3.8, 4) is 5.82 Å². The maximum absolute atomic E-state index is 13.4. The highest BCUT2D eigenvalue weighted by Crippen LogP contribution is 2.29. The van der Waals surface area contributed by atoms with Crippen LogP contribution in [0, 0.1) is 12.8 Å². The topological polar surface area (TPSA) is 54.5 Å². The van der Waals surface area contributed by atoms with Crippen LogP contribution in [0.4, 0.5) is 0 Å². The molecule has 36 heavy (non-hydrogen) atoms. The van der Waals surface area contributed by atoms with Crippen LogP contribution in [0.2, 0.25) is 0 Å². The Labute approximate surface area is 213 Å². The molecule has 1 atom stereocenters. The fourth-order valence-electron chi connectivity index (χ4n) is 5.41. The van der Waals surface area contributed by atoms with Gasteiger partial charge in [-0.25, -0.2) is 4.98 Å². The van der Waals surface area contributed by atoms with Gasteiger partial charge in [0.2, 0.25) is 0 Å². The van der Waals surface area contributed by atoms with Crippen LogP contribution in [0.3, 0.4) is 0 Å². The van der Waals surface area contributed by atoms with Crippen LogP contribution in [-0.2, 0) is 13.0 Å². The monoisotopic (exact) mass is 482 g/mol. The fourth-order valence-corrected chi connectivity index (χ4v) is 5.41. The molecule has 1 aliphatic heterocycles. The number of aryl methyl sites for hydroxylation is 1. The first-order valence-corrected chi connectivity index (χ1v) is 12.8. The van der Waals surface area contributed by atoms with E-state index in [4.69, 9.17) is 4.42 Å². The summed E-state index contributed by atoms with van der Waals surface area (Å²) in [4.78, 5) is 22.4. The lowest BCUT2D eigenvalue weighted by Gasteiger charge is -2.40. The zero-order valence-corrected chi connectivity index (χ0v) is 21.1. The summed E-state index contributed by atoms with van der Waals surface area (Å²) >= 11 is 0. The van der Waals surface area contributed by atoms with Gasteiger partial charge in [-0.2, -0.15) is 0 Å². The van der Waals surface area contributed by atoms with Crippen molar-refractivity contribution in [2.45, 2.75) is 38.8 Å². The Morgan fingerprint density at radius 2 is 1.83 bits per heavy atom. The Morgan fingerprint density at radius 1 is 1.06 bits per heavy atom. The van der Waals surface area contributed by atoms with Crippen molar-refractivity contribution in [1.82, 2.24) is 19.4 Å². The molecule has 0 aliphatic carbocycles. The van der Waals surface area contributed by atoms with Gasteiger partial charge in [-0.05, 0) is 81.1 Å². The fraction of sp³-hybridized carbons (Fsp3) is 0.333. The van der Waals surface area contributed by atoms with E-state index >= 15 is 0 Å². The molecular formula is C30H34N4O2. The van der Waals surface area contributed by atoms with Gasteiger partial charge in [0.1, 0.15) is 11.6 Å². The summed E-state index contributed by atoms with van der Waals surface area (Å²) in [6.07, 6.45) is 8.49. The van der Waals surface area contributed by atoms with Crippen LogP contribution in [0.25, 0.3) is 5.82 Å². The molecular weight excluding hydrogens is 448 g/mol. The third kappa shape index (κ3) is 5.29. The molecule has 1 aromatic carbocycles. The quantitative estimate of drug-likeness (QED) is 0.339. The number of rotatable bonds is 8. The summed E-state index contributed by atoms with van der Waals surface area (Å²) in [6.45, 7) is 4.77. The largest absolute Gasteiger partial charge is 0.469 e. The molecule has 0 saturated carbocycles. The molecule has 4 heterocycles. The third-order valence-corrected chi connectivity index (χ3v) is 7.49. The number of benzene rings is 1. The van der Waals surface area contributed by atoms with Crippen LogP contribution in [0.15, 0.2) is 89.8 Å². The second kappa shape index (κ2) is 11.0. The van der Waals surface area contributed by atoms with Crippen molar-refractivity contribution in [3.63, 3.8) is 0 Å². The summed E-state index contributed by atoms with van der Waals surface area (Å²) in [5.41, 5.74) is 3.17. The maximum atomic E-state index is 13.4. The van der Waals surface area contributed by atoms with Crippen molar-refractivity contribution in [1.29, 1.82) is 0 Å². The second-order valence-corrected chi connectivity index (χ2v) is 9.73. The number of piperidine rings is 1. The van der Waals surface area contributed by atoms with Gasteiger partial charge in [-0.1, -0.05) is 36.4 Å². The van der Waals surface area contributed by atoms with Crippen LogP contribution in [0.5, 0.6) is 0 Å². The van der Waals surface area contributed by atoms with Gasteiger partial charge in [0.15, 0.2) is 0 Å². The van der Waals surface area contributed by atoms with Crippen molar-refractivity contribution in [2.24, 2.45) is 5.92 Å². The summed E-state index contributed by atoms with van der Waals surface area (Å²) in [6, 6.07) is 22.7. The summed E-state index contributed by atoms with van der Waals surface area (Å²) in [5, 5.41) is 0. The minimum atomic E-state index is 0.0396. The van der Waals surface area contributed by atoms with E-state index < -0.39 is 0 Å². The van der Waals surface area contributed by atoms with E-state index in [-0.39, 0.29) is 11.9 Å². The SMILES string of the molecule is Cc1occc1C(=O)N(C)[C@H](Cc1ccccc1)C1CCN(Cc2cccn2-c2ccccn2)CC1. The molecule has 0 radical (unpaired) electrons. The average Bonchev–Trinajstić information content (AvgIpc) is 3.57. The summed E-state index contributed by atoms with van der Waals surface area (Å²) in [5.74, 6) is 2.10. The molecule has 0 spiro atoms. The van der Waals surface area contributed by atoms with Gasteiger partial charge >= 0.3 is 0 Å². The Hall–Kier alpha value is -3.64. The molecule has 0 unspecified atom stereocenters. The number of carbonyl (C=O) groups excluding carboxylic acids is 1. The Morgan fingerprint density at radius 3 is 2.53 bits per heavy atom. The molecule has 3 aromatic heterocycles. The minimum absolute atomic E-state index is 0.0396. The van der Waals surface area contributed by atoms with Crippen LogP contribution < -0.4 is 0 Å². The molecule has 6 heteroatoms. The molecule has 0 N–H and O–H groups in total. The van der Waals surface area contributed by atoms with Gasteiger partial charge in [0, 0.05) is 37.7 Å². The number of likely N-dealkylation sites (N-methyl/N-ethyl adjacent to an activating group) is 1. The van der Waals surface area contributed by atoms with E-state index in [1.807, 2.05) is 49.3 Å². The number of hydrogen-bond donors (Lipinski definition) is 0. The standard InChI is InChI=1S/C30H34N4O2/c1-23-27(15-20-36-23)30(35)32(2)28(21-24-9-4-3-5-10-24)25-13-18-33(19-14-25)22-26-11-8-17-34(26)29-12-6-7-16-31-29/h3-12,15-17,20,25,28H,13-14,18-19,21-22H2,1-2H3/t28-/m1/s1. The van der Waals surface area contributed by atoms with Crippen molar-refractivity contribution >= 4 is 5.91 Å². The number of carbonyl (C=O) groups is 1.